The van der Waals surface area contributed by atoms with Crippen LogP contribution in [0.4, 0.5) is 5.82 Å². The van der Waals surface area contributed by atoms with E-state index < -0.39 is 0 Å². The first-order valence-electron chi connectivity index (χ1n) is 12.2. The first-order valence-corrected chi connectivity index (χ1v) is 13.0. The molecule has 9 nitrogen and oxygen atoms in total. The van der Waals surface area contributed by atoms with Crippen molar-refractivity contribution in [3.8, 4) is 6.07 Å². The second kappa shape index (κ2) is 12.4. The molecule has 2 aromatic rings. The average Bonchev–Trinajstić information content (AvgIpc) is 3.39. The van der Waals surface area contributed by atoms with E-state index in [0.29, 0.717) is 28.3 Å². The van der Waals surface area contributed by atoms with Gasteiger partial charge in [0.25, 0.3) is 5.91 Å². The molecule has 2 aliphatic rings. The van der Waals surface area contributed by atoms with Crippen molar-refractivity contribution in [1.82, 2.24) is 25.2 Å². The third-order valence-electron chi connectivity index (χ3n) is 6.74. The molecule has 1 saturated heterocycles. The smallest absolute Gasteiger partial charge is 0.269 e. The van der Waals surface area contributed by atoms with Crippen molar-refractivity contribution in [3.63, 3.8) is 0 Å². The molecule has 1 aromatic heterocycles. The van der Waals surface area contributed by atoms with Crippen LogP contribution in [0.1, 0.15) is 47.4 Å². The van der Waals surface area contributed by atoms with Crippen LogP contribution >= 0.6 is 15.9 Å². The van der Waals surface area contributed by atoms with E-state index in [1.54, 1.807) is 11.2 Å². The normalized spacial score (nSPS) is 17.3. The zero-order valence-electron chi connectivity index (χ0n) is 19.9. The molecule has 1 amide bonds. The number of carbonyl (C=O) groups is 1. The summed E-state index contributed by atoms with van der Waals surface area (Å²) in [5.41, 5.74) is 4.75. The van der Waals surface area contributed by atoms with Gasteiger partial charge < -0.3 is 5.11 Å². The van der Waals surface area contributed by atoms with Gasteiger partial charge in [0.15, 0.2) is 5.82 Å². The van der Waals surface area contributed by atoms with Gasteiger partial charge in [-0.1, -0.05) is 25.0 Å². The molecule has 1 aliphatic carbocycles. The molecule has 0 spiro atoms. The Labute approximate surface area is 214 Å². The molecule has 186 valence electrons. The minimum atomic E-state index is -0.212. The fourth-order valence-corrected chi connectivity index (χ4v) is 5.16. The van der Waals surface area contributed by atoms with Crippen molar-refractivity contribution >= 4 is 27.7 Å². The highest BCUT2D eigenvalue weighted by Crippen LogP contribution is 2.29. The Morgan fingerprint density at radius 3 is 2.51 bits per heavy atom. The van der Waals surface area contributed by atoms with Crippen molar-refractivity contribution < 1.29 is 9.90 Å². The molecule has 4 rings (SSSR count). The number of carbonyl (C=O) groups excluding carboxylic acids is 1. The number of nitrogens with one attached hydrogen (secondary N) is 1. The number of aliphatic hydroxyl groups is 1. The average molecular weight is 542 g/mol. The molecule has 1 aliphatic heterocycles. The number of amides is 1. The summed E-state index contributed by atoms with van der Waals surface area (Å²) in [6.07, 6.45) is 6.16. The lowest BCUT2D eigenvalue weighted by Gasteiger charge is -2.34. The van der Waals surface area contributed by atoms with Crippen LogP contribution in [-0.4, -0.2) is 76.7 Å². The fraction of sp³-hybridized carbons (Fsp3) is 0.520. The number of hydrazine groups is 1. The van der Waals surface area contributed by atoms with Crippen LogP contribution in [0, 0.1) is 17.2 Å². The number of rotatable bonds is 9. The van der Waals surface area contributed by atoms with Gasteiger partial charge in [0.1, 0.15) is 6.07 Å². The zero-order chi connectivity index (χ0) is 24.6. The van der Waals surface area contributed by atoms with Crippen LogP contribution in [0.15, 0.2) is 34.9 Å². The Kier molecular flexibility index (Phi) is 9.04. The molecule has 0 unspecified atom stereocenters. The highest BCUT2D eigenvalue weighted by atomic mass is 79.9. The van der Waals surface area contributed by atoms with E-state index in [2.05, 4.69) is 41.1 Å². The van der Waals surface area contributed by atoms with Crippen LogP contribution in [0.2, 0.25) is 0 Å². The number of benzene rings is 1. The van der Waals surface area contributed by atoms with Gasteiger partial charge in [-0.25, -0.2) is 4.98 Å². The maximum atomic E-state index is 13.2. The molecule has 2 N–H and O–H groups in total. The van der Waals surface area contributed by atoms with Crippen molar-refractivity contribution in [1.29, 1.82) is 5.26 Å². The van der Waals surface area contributed by atoms with E-state index in [-0.39, 0.29) is 18.3 Å². The highest BCUT2D eigenvalue weighted by Gasteiger charge is 2.24. The number of nitrogens with zero attached hydrogens (tertiary/aromatic N) is 6. The van der Waals surface area contributed by atoms with Crippen molar-refractivity contribution in [2.24, 2.45) is 5.92 Å². The van der Waals surface area contributed by atoms with Crippen molar-refractivity contribution in [3.05, 3.63) is 51.9 Å². The van der Waals surface area contributed by atoms with Gasteiger partial charge in [-0.15, -0.1) is 0 Å². The highest BCUT2D eigenvalue weighted by molar-refractivity contribution is 9.10. The number of hydrogen-bond acceptors (Lipinski definition) is 8. The lowest BCUT2D eigenvalue weighted by molar-refractivity contribution is 0.0946. The minimum Gasteiger partial charge on any atom is -0.395 e. The van der Waals surface area contributed by atoms with E-state index in [1.807, 2.05) is 30.3 Å². The third kappa shape index (κ3) is 6.98. The molecule has 1 saturated carbocycles. The van der Waals surface area contributed by atoms with Crippen molar-refractivity contribution in [2.75, 3.05) is 50.9 Å². The van der Waals surface area contributed by atoms with E-state index in [9.17, 15) is 10.1 Å². The summed E-state index contributed by atoms with van der Waals surface area (Å²) in [6, 6.07) is 9.70. The summed E-state index contributed by atoms with van der Waals surface area (Å²) in [5, 5.41) is 20.1. The Balaban J connectivity index is 1.41. The van der Waals surface area contributed by atoms with Gasteiger partial charge in [-0.05, 0) is 52.4 Å². The topological polar surface area (TPSA) is 109 Å². The molecule has 10 heteroatoms. The van der Waals surface area contributed by atoms with Crippen LogP contribution in [-0.2, 0) is 6.54 Å². The van der Waals surface area contributed by atoms with Gasteiger partial charge in [0.2, 0.25) is 5.82 Å². The number of nitriles is 1. The molecule has 0 atom stereocenters. The fourth-order valence-electron chi connectivity index (χ4n) is 4.76. The monoisotopic (exact) mass is 541 g/mol. The van der Waals surface area contributed by atoms with E-state index in [1.165, 1.54) is 12.8 Å². The second-order valence-corrected chi connectivity index (χ2v) is 10.1. The summed E-state index contributed by atoms with van der Waals surface area (Å²) < 4.78 is 0.629. The SMILES string of the molecule is N#Cc1ncc(Br)c(N(CC2CCCC2)NC(=O)c2ccc(CN3CCN(CCO)CC3)cc2)n1. The Morgan fingerprint density at radius 1 is 1.17 bits per heavy atom. The Hall–Kier alpha value is -2.58. The number of hydrogen-bond donors (Lipinski definition) is 2. The number of piperazine rings is 1. The van der Waals surface area contributed by atoms with Crippen LogP contribution in [0.5, 0.6) is 0 Å². The molecular formula is C25H32BrN7O2. The summed E-state index contributed by atoms with van der Waals surface area (Å²) in [4.78, 5) is 26.2. The standard InChI is InChI=1S/C25H32BrN7O2/c26-22-16-28-23(15-27)29-24(22)33(18-19-3-1-2-4-19)30-25(35)21-7-5-20(6-8-21)17-32-11-9-31(10-12-32)13-14-34/h5-8,16,19,34H,1-4,9-14,17-18H2,(H,30,35). The molecule has 1 aromatic carbocycles. The van der Waals surface area contributed by atoms with Crippen molar-refractivity contribution in [2.45, 2.75) is 32.2 Å². The quantitative estimate of drug-likeness (QED) is 0.466. The van der Waals surface area contributed by atoms with Gasteiger partial charge in [0.05, 0.1) is 11.1 Å². The summed E-state index contributed by atoms with van der Waals surface area (Å²) in [5.74, 6) is 0.809. The van der Waals surface area contributed by atoms with Crippen LogP contribution < -0.4 is 10.4 Å². The number of anilines is 1. The predicted octanol–water partition coefficient (Wildman–Crippen LogP) is 2.56. The third-order valence-corrected chi connectivity index (χ3v) is 7.30. The maximum absolute atomic E-state index is 13.2. The van der Waals surface area contributed by atoms with E-state index in [0.717, 1.165) is 57.7 Å². The number of aliphatic hydroxyl groups excluding tert-OH is 1. The number of aromatic nitrogens is 2. The number of halogens is 1. The summed E-state index contributed by atoms with van der Waals surface area (Å²) in [7, 11) is 0. The molecule has 35 heavy (non-hydrogen) atoms. The molecule has 0 bridgehead atoms. The first kappa shape index (κ1) is 25.5. The van der Waals surface area contributed by atoms with Crippen LogP contribution in [0.3, 0.4) is 0 Å². The lowest BCUT2D eigenvalue weighted by atomic mass is 10.1. The van der Waals surface area contributed by atoms with Crippen LogP contribution in [0.25, 0.3) is 0 Å². The van der Waals surface area contributed by atoms with Gasteiger partial charge in [0, 0.05) is 57.6 Å². The zero-order valence-corrected chi connectivity index (χ0v) is 21.5. The summed E-state index contributed by atoms with van der Waals surface area (Å²) in [6.45, 7) is 6.27. The molecule has 2 heterocycles. The Morgan fingerprint density at radius 2 is 1.86 bits per heavy atom. The lowest BCUT2D eigenvalue weighted by Crippen LogP contribution is -2.46. The van der Waals surface area contributed by atoms with E-state index in [4.69, 9.17) is 5.11 Å². The largest absolute Gasteiger partial charge is 0.395 e. The van der Waals surface area contributed by atoms with Gasteiger partial charge in [-0.3, -0.25) is 25.0 Å². The second-order valence-electron chi connectivity index (χ2n) is 9.22. The van der Waals surface area contributed by atoms with E-state index >= 15 is 0 Å². The van der Waals surface area contributed by atoms with Gasteiger partial charge in [-0.2, -0.15) is 10.2 Å². The Bertz CT molecular complexity index is 1030. The molecule has 2 fully saturated rings. The van der Waals surface area contributed by atoms with Gasteiger partial charge >= 0.3 is 0 Å². The minimum absolute atomic E-state index is 0.0652. The molecule has 0 radical (unpaired) electrons. The molecular weight excluding hydrogens is 510 g/mol. The maximum Gasteiger partial charge on any atom is 0.269 e. The predicted molar refractivity (Wildman–Crippen MR) is 136 cm³/mol. The first-order chi connectivity index (χ1) is 17.1. The number of β-amino-alcohol motifs (C(OH)–C–C–N with tert-alkyl or cyclic N) is 1. The summed E-state index contributed by atoms with van der Waals surface area (Å²) >= 11 is 3.48.